The minimum atomic E-state index is -0.365. The lowest BCUT2D eigenvalue weighted by Gasteiger charge is -2.07. The molecule has 0 aliphatic heterocycles. The average molecular weight is 374 g/mol. The predicted octanol–water partition coefficient (Wildman–Crippen LogP) is 4.01. The molecule has 1 aromatic heterocycles. The van der Waals surface area contributed by atoms with Gasteiger partial charge in [-0.3, -0.25) is 14.6 Å². The molecule has 0 fully saturated rings. The number of carbonyl (C=O) groups is 2. The van der Waals surface area contributed by atoms with Crippen LogP contribution in [0.3, 0.4) is 0 Å². The molecule has 1 amide bonds. The SMILES string of the molecule is COc1ccccc1C(=O)N/C=C/C(=O)c1cccc(Oc2ccncc2)c1. The highest BCUT2D eigenvalue weighted by atomic mass is 16.5. The second kappa shape index (κ2) is 9.14. The van der Waals surface area contributed by atoms with Crippen LogP contribution in [0, 0.1) is 0 Å². The van der Waals surface area contributed by atoms with Crippen LogP contribution in [0.15, 0.2) is 85.3 Å². The Bertz CT molecular complexity index is 1000. The second-order valence-corrected chi connectivity index (χ2v) is 5.68. The van der Waals surface area contributed by atoms with Gasteiger partial charge in [-0.2, -0.15) is 0 Å². The number of allylic oxidation sites excluding steroid dienone is 1. The van der Waals surface area contributed by atoms with E-state index in [-0.39, 0.29) is 11.7 Å². The van der Waals surface area contributed by atoms with E-state index in [4.69, 9.17) is 9.47 Å². The summed E-state index contributed by atoms with van der Waals surface area (Å²) in [5.41, 5.74) is 0.823. The number of para-hydroxylation sites is 1. The number of ether oxygens (including phenoxy) is 2. The molecular weight excluding hydrogens is 356 g/mol. The molecule has 0 unspecified atom stereocenters. The van der Waals surface area contributed by atoms with E-state index in [1.807, 2.05) is 0 Å². The van der Waals surface area contributed by atoms with E-state index in [0.29, 0.717) is 28.4 Å². The second-order valence-electron chi connectivity index (χ2n) is 5.68. The van der Waals surface area contributed by atoms with Crippen LogP contribution in [-0.4, -0.2) is 23.8 Å². The molecule has 3 aromatic rings. The number of hydrogen-bond acceptors (Lipinski definition) is 5. The van der Waals surface area contributed by atoms with Crippen molar-refractivity contribution < 1.29 is 19.1 Å². The highest BCUT2D eigenvalue weighted by Gasteiger charge is 2.10. The predicted molar refractivity (Wildman–Crippen MR) is 105 cm³/mol. The Morgan fingerprint density at radius 2 is 1.75 bits per heavy atom. The van der Waals surface area contributed by atoms with Crippen molar-refractivity contribution in [3.63, 3.8) is 0 Å². The maximum atomic E-state index is 12.4. The Hall–Kier alpha value is -3.93. The maximum absolute atomic E-state index is 12.4. The first-order valence-corrected chi connectivity index (χ1v) is 8.50. The molecule has 1 heterocycles. The molecule has 6 heteroatoms. The largest absolute Gasteiger partial charge is 0.496 e. The molecule has 0 radical (unpaired) electrons. The first-order valence-electron chi connectivity index (χ1n) is 8.50. The Kier molecular flexibility index (Phi) is 6.15. The number of hydrogen-bond donors (Lipinski definition) is 1. The zero-order valence-corrected chi connectivity index (χ0v) is 15.2. The van der Waals surface area contributed by atoms with Crippen LogP contribution >= 0.6 is 0 Å². The van der Waals surface area contributed by atoms with Gasteiger partial charge in [0.1, 0.15) is 17.2 Å². The number of benzene rings is 2. The number of nitrogens with one attached hydrogen (secondary N) is 1. The van der Waals surface area contributed by atoms with Crippen LogP contribution < -0.4 is 14.8 Å². The Labute approximate surface area is 162 Å². The van der Waals surface area contributed by atoms with Gasteiger partial charge in [0.05, 0.1) is 12.7 Å². The minimum absolute atomic E-state index is 0.263. The lowest BCUT2D eigenvalue weighted by Crippen LogP contribution is -2.18. The zero-order valence-electron chi connectivity index (χ0n) is 15.2. The molecular formula is C22H18N2O4. The molecule has 3 rings (SSSR count). The fourth-order valence-corrected chi connectivity index (χ4v) is 2.45. The van der Waals surface area contributed by atoms with Gasteiger partial charge in [-0.1, -0.05) is 24.3 Å². The first-order chi connectivity index (χ1) is 13.7. The molecule has 1 N–H and O–H groups in total. The summed E-state index contributed by atoms with van der Waals surface area (Å²) in [7, 11) is 1.49. The van der Waals surface area contributed by atoms with Crippen LogP contribution in [0.5, 0.6) is 17.2 Å². The zero-order chi connectivity index (χ0) is 19.8. The summed E-state index contributed by atoms with van der Waals surface area (Å²) in [6.07, 6.45) is 5.85. The molecule has 0 atom stereocenters. The third-order valence-electron chi connectivity index (χ3n) is 3.80. The summed E-state index contributed by atoms with van der Waals surface area (Å²) in [6, 6.07) is 17.1. The number of ketones is 1. The van der Waals surface area contributed by atoms with Gasteiger partial charge in [-0.25, -0.2) is 0 Å². The van der Waals surface area contributed by atoms with Crippen LogP contribution in [0.4, 0.5) is 0 Å². The van der Waals surface area contributed by atoms with Gasteiger partial charge in [-0.05, 0) is 36.4 Å². The summed E-state index contributed by atoms with van der Waals surface area (Å²) < 4.78 is 10.9. The van der Waals surface area contributed by atoms with E-state index in [0.717, 1.165) is 0 Å². The van der Waals surface area contributed by atoms with Crippen molar-refractivity contribution in [2.45, 2.75) is 0 Å². The summed E-state index contributed by atoms with van der Waals surface area (Å²) >= 11 is 0. The van der Waals surface area contributed by atoms with Crippen LogP contribution in [-0.2, 0) is 0 Å². The van der Waals surface area contributed by atoms with Crippen molar-refractivity contribution >= 4 is 11.7 Å². The van der Waals surface area contributed by atoms with E-state index in [2.05, 4.69) is 10.3 Å². The molecule has 140 valence electrons. The number of amides is 1. The number of pyridine rings is 1. The Morgan fingerprint density at radius 3 is 2.54 bits per heavy atom. The molecule has 2 aromatic carbocycles. The highest BCUT2D eigenvalue weighted by molar-refractivity contribution is 6.05. The molecule has 0 saturated heterocycles. The standard InChI is InChI=1S/C22H18N2O4/c1-27-21-8-3-2-7-19(21)22(26)24-14-11-20(25)16-5-4-6-18(15-16)28-17-9-12-23-13-10-17/h2-15H,1H3,(H,24,26)/b14-11+. The van der Waals surface area contributed by atoms with Crippen molar-refractivity contribution in [1.29, 1.82) is 0 Å². The molecule has 0 bridgehead atoms. The lowest BCUT2D eigenvalue weighted by molar-refractivity contribution is 0.0967. The quantitative estimate of drug-likeness (QED) is 0.499. The maximum Gasteiger partial charge on any atom is 0.258 e. The van der Waals surface area contributed by atoms with Gasteiger partial charge in [0.2, 0.25) is 0 Å². The number of aromatic nitrogens is 1. The smallest absolute Gasteiger partial charge is 0.258 e. The van der Waals surface area contributed by atoms with Gasteiger partial charge in [0.25, 0.3) is 5.91 Å². The summed E-state index contributed by atoms with van der Waals surface area (Å²) in [6.45, 7) is 0. The topological polar surface area (TPSA) is 77.5 Å². The van der Waals surface area contributed by atoms with Gasteiger partial charge in [0, 0.05) is 30.2 Å². The van der Waals surface area contributed by atoms with E-state index in [1.165, 1.54) is 19.4 Å². The van der Waals surface area contributed by atoms with E-state index < -0.39 is 0 Å². The van der Waals surface area contributed by atoms with Gasteiger partial charge < -0.3 is 14.8 Å². The summed E-state index contributed by atoms with van der Waals surface area (Å²) in [4.78, 5) is 28.5. The number of nitrogens with zero attached hydrogens (tertiary/aromatic N) is 1. The van der Waals surface area contributed by atoms with Crippen molar-refractivity contribution in [2.75, 3.05) is 7.11 Å². The number of methoxy groups -OCH3 is 1. The molecule has 28 heavy (non-hydrogen) atoms. The fourth-order valence-electron chi connectivity index (χ4n) is 2.45. The lowest BCUT2D eigenvalue weighted by atomic mass is 10.1. The average Bonchev–Trinajstić information content (AvgIpc) is 2.74. The summed E-state index contributed by atoms with van der Waals surface area (Å²) in [5.74, 6) is 0.986. The summed E-state index contributed by atoms with van der Waals surface area (Å²) in [5, 5.41) is 2.57. The Morgan fingerprint density at radius 1 is 0.964 bits per heavy atom. The van der Waals surface area contributed by atoms with Crippen molar-refractivity contribution in [3.8, 4) is 17.2 Å². The number of rotatable bonds is 7. The molecule has 0 spiro atoms. The van der Waals surface area contributed by atoms with E-state index in [9.17, 15) is 9.59 Å². The van der Waals surface area contributed by atoms with E-state index >= 15 is 0 Å². The van der Waals surface area contributed by atoms with Gasteiger partial charge in [-0.15, -0.1) is 0 Å². The number of carbonyl (C=O) groups excluding carboxylic acids is 2. The normalized spacial score (nSPS) is 10.5. The third-order valence-corrected chi connectivity index (χ3v) is 3.80. The third kappa shape index (κ3) is 4.82. The molecule has 0 aliphatic rings. The molecule has 0 saturated carbocycles. The molecule has 6 nitrogen and oxygen atoms in total. The first kappa shape index (κ1) is 18.8. The van der Waals surface area contributed by atoms with Crippen LogP contribution in [0.1, 0.15) is 20.7 Å². The van der Waals surface area contributed by atoms with Crippen LogP contribution in [0.2, 0.25) is 0 Å². The molecule has 0 aliphatic carbocycles. The fraction of sp³-hybridized carbons (Fsp3) is 0.0455. The minimum Gasteiger partial charge on any atom is -0.496 e. The van der Waals surface area contributed by atoms with Crippen molar-refractivity contribution in [1.82, 2.24) is 10.3 Å². The Balaban J connectivity index is 1.64. The highest BCUT2D eigenvalue weighted by Crippen LogP contribution is 2.21. The van der Waals surface area contributed by atoms with Crippen molar-refractivity contribution in [2.24, 2.45) is 0 Å². The van der Waals surface area contributed by atoms with Gasteiger partial charge >= 0.3 is 0 Å². The monoisotopic (exact) mass is 374 g/mol. The van der Waals surface area contributed by atoms with Crippen LogP contribution in [0.25, 0.3) is 0 Å². The van der Waals surface area contributed by atoms with E-state index in [1.54, 1.807) is 73.1 Å². The van der Waals surface area contributed by atoms with Crippen molar-refractivity contribution in [3.05, 3.63) is 96.5 Å². The van der Waals surface area contributed by atoms with Gasteiger partial charge in [0.15, 0.2) is 5.78 Å².